The van der Waals surface area contributed by atoms with Gasteiger partial charge in [0, 0.05) is 49.1 Å². The second-order valence-electron chi connectivity index (χ2n) is 11.8. The molecular formula is C32H47N5O4. The lowest BCUT2D eigenvalue weighted by atomic mass is 9.96. The van der Waals surface area contributed by atoms with E-state index in [0.717, 1.165) is 48.6 Å². The molecule has 9 nitrogen and oxygen atoms in total. The predicted octanol–water partition coefficient (Wildman–Crippen LogP) is 3.62. The van der Waals surface area contributed by atoms with Gasteiger partial charge in [0.25, 0.3) is 0 Å². The van der Waals surface area contributed by atoms with Crippen molar-refractivity contribution in [3.8, 4) is 0 Å². The van der Waals surface area contributed by atoms with Crippen LogP contribution in [0.5, 0.6) is 0 Å². The topological polar surface area (TPSA) is 123 Å². The Morgan fingerprint density at radius 1 is 1.05 bits per heavy atom. The smallest absolute Gasteiger partial charge is 0.243 e. The number of benzene rings is 1. The molecule has 2 aliphatic heterocycles. The third-order valence-corrected chi connectivity index (χ3v) is 8.87. The number of carbonyl (C=O) groups excluding carboxylic acids is 4. The van der Waals surface area contributed by atoms with Gasteiger partial charge in [-0.1, -0.05) is 58.2 Å². The quantitative estimate of drug-likeness (QED) is 0.310. The summed E-state index contributed by atoms with van der Waals surface area (Å²) in [6.07, 6.45) is 8.65. The van der Waals surface area contributed by atoms with Crippen molar-refractivity contribution in [2.24, 2.45) is 5.92 Å². The molecule has 2 saturated heterocycles. The maximum absolute atomic E-state index is 13.8. The van der Waals surface area contributed by atoms with Crippen LogP contribution in [0.4, 0.5) is 0 Å². The molecule has 3 heterocycles. The molecule has 1 unspecified atom stereocenters. The number of unbranched alkanes of at least 4 members (excludes halogenated alkanes) is 2. The van der Waals surface area contributed by atoms with E-state index in [9.17, 15) is 19.2 Å². The summed E-state index contributed by atoms with van der Waals surface area (Å²) in [5, 5.41) is 10.8. The van der Waals surface area contributed by atoms with Gasteiger partial charge >= 0.3 is 0 Å². The third kappa shape index (κ3) is 7.76. The molecule has 41 heavy (non-hydrogen) atoms. The van der Waals surface area contributed by atoms with Crippen LogP contribution in [0.1, 0.15) is 84.1 Å². The summed E-state index contributed by atoms with van der Waals surface area (Å²) in [6, 6.07) is 6.11. The Bertz CT molecular complexity index is 1210. The second kappa shape index (κ2) is 14.6. The van der Waals surface area contributed by atoms with Crippen LogP contribution in [0.25, 0.3) is 10.9 Å². The predicted molar refractivity (Wildman–Crippen MR) is 160 cm³/mol. The van der Waals surface area contributed by atoms with Crippen molar-refractivity contribution in [3.05, 3.63) is 36.0 Å². The zero-order chi connectivity index (χ0) is 29.4. The van der Waals surface area contributed by atoms with Crippen LogP contribution in [0.3, 0.4) is 0 Å². The number of nitrogens with zero attached hydrogens (tertiary/aromatic N) is 1. The number of nitrogens with one attached hydrogen (secondary N) is 4. The SMILES string of the molecule is CCC(=O)CCCCC[C@@H]1NC(=O)[C@H]2CCCN2C(=O)[C@H](C(C)CC)NC[C@H](Cc2c[nH]c3ccccc23)NC1=O. The maximum Gasteiger partial charge on any atom is 0.243 e. The number of para-hydroxylation sites is 1. The number of aromatic nitrogens is 1. The minimum absolute atomic E-state index is 0.0353. The zero-order valence-corrected chi connectivity index (χ0v) is 24.8. The summed E-state index contributed by atoms with van der Waals surface area (Å²) in [5.74, 6) is -0.172. The maximum atomic E-state index is 13.8. The number of fused-ring (bicyclic) bond motifs is 2. The fourth-order valence-electron chi connectivity index (χ4n) is 6.12. The molecule has 2 aromatic rings. The minimum atomic E-state index is -0.697. The van der Waals surface area contributed by atoms with Gasteiger partial charge in [-0.15, -0.1) is 0 Å². The van der Waals surface area contributed by atoms with Crippen molar-refractivity contribution < 1.29 is 19.2 Å². The molecule has 0 spiro atoms. The molecule has 9 heteroatoms. The number of ketones is 1. The molecule has 4 rings (SSSR count). The molecule has 224 valence electrons. The molecule has 2 aliphatic rings. The van der Waals surface area contributed by atoms with Crippen molar-refractivity contribution in [3.63, 3.8) is 0 Å². The number of Topliss-reactive ketones (excluding diaryl/α,β-unsaturated/α-hetero) is 1. The molecule has 0 saturated carbocycles. The van der Waals surface area contributed by atoms with Gasteiger partial charge in [0.1, 0.15) is 17.9 Å². The van der Waals surface area contributed by atoms with Crippen LogP contribution < -0.4 is 16.0 Å². The monoisotopic (exact) mass is 565 g/mol. The van der Waals surface area contributed by atoms with E-state index in [4.69, 9.17) is 0 Å². The number of H-pyrrole nitrogens is 1. The van der Waals surface area contributed by atoms with E-state index < -0.39 is 18.1 Å². The fourth-order valence-corrected chi connectivity index (χ4v) is 6.12. The summed E-state index contributed by atoms with van der Waals surface area (Å²) < 4.78 is 0. The van der Waals surface area contributed by atoms with E-state index in [-0.39, 0.29) is 35.5 Å². The van der Waals surface area contributed by atoms with Crippen LogP contribution in [0, 0.1) is 5.92 Å². The number of hydrogen-bond acceptors (Lipinski definition) is 5. The van der Waals surface area contributed by atoms with Crippen LogP contribution in [0.15, 0.2) is 30.5 Å². The van der Waals surface area contributed by atoms with E-state index in [0.29, 0.717) is 45.2 Å². The molecule has 1 aromatic heterocycles. The lowest BCUT2D eigenvalue weighted by Gasteiger charge is -2.34. The van der Waals surface area contributed by atoms with Crippen molar-refractivity contribution in [1.82, 2.24) is 25.8 Å². The molecule has 0 bridgehead atoms. The molecule has 3 amide bonds. The Morgan fingerprint density at radius 2 is 1.85 bits per heavy atom. The Morgan fingerprint density at radius 3 is 2.63 bits per heavy atom. The van der Waals surface area contributed by atoms with Crippen LogP contribution in [-0.2, 0) is 25.6 Å². The molecule has 4 N–H and O–H groups in total. The average Bonchev–Trinajstić information content (AvgIpc) is 3.63. The Hall–Kier alpha value is -3.20. The van der Waals surface area contributed by atoms with Crippen molar-refractivity contribution in [1.29, 1.82) is 0 Å². The van der Waals surface area contributed by atoms with Crippen molar-refractivity contribution in [2.45, 2.75) is 109 Å². The van der Waals surface area contributed by atoms with Crippen LogP contribution in [-0.4, -0.2) is 70.6 Å². The van der Waals surface area contributed by atoms with Gasteiger partial charge in [0.05, 0.1) is 6.04 Å². The number of rotatable bonds is 11. The van der Waals surface area contributed by atoms with Crippen LogP contribution in [0.2, 0.25) is 0 Å². The third-order valence-electron chi connectivity index (χ3n) is 8.87. The molecular weight excluding hydrogens is 518 g/mol. The number of carbonyl (C=O) groups is 4. The fraction of sp³-hybridized carbons (Fsp3) is 0.625. The highest BCUT2D eigenvalue weighted by atomic mass is 16.2. The Labute approximate surface area is 243 Å². The second-order valence-corrected chi connectivity index (χ2v) is 11.8. The van der Waals surface area contributed by atoms with E-state index in [1.807, 2.05) is 31.3 Å². The highest BCUT2D eigenvalue weighted by molar-refractivity contribution is 5.94. The van der Waals surface area contributed by atoms with Gasteiger partial charge in [-0.3, -0.25) is 19.2 Å². The number of hydrogen-bond donors (Lipinski definition) is 4. The van der Waals surface area contributed by atoms with E-state index >= 15 is 0 Å². The van der Waals surface area contributed by atoms with Gasteiger partial charge in [-0.25, -0.2) is 0 Å². The summed E-state index contributed by atoms with van der Waals surface area (Å²) in [6.45, 7) is 6.98. The van der Waals surface area contributed by atoms with Gasteiger partial charge in [-0.05, 0) is 49.7 Å². The van der Waals surface area contributed by atoms with Gasteiger partial charge in [0.2, 0.25) is 17.7 Å². The zero-order valence-electron chi connectivity index (χ0n) is 24.8. The lowest BCUT2D eigenvalue weighted by Crippen LogP contribution is -2.60. The van der Waals surface area contributed by atoms with E-state index in [1.165, 1.54) is 0 Å². The molecule has 2 fully saturated rings. The average molecular weight is 566 g/mol. The molecule has 5 atom stereocenters. The normalized spacial score (nSPS) is 24.8. The summed E-state index contributed by atoms with van der Waals surface area (Å²) >= 11 is 0. The first-order valence-corrected chi connectivity index (χ1v) is 15.5. The molecule has 0 radical (unpaired) electrons. The number of amides is 3. The van der Waals surface area contributed by atoms with Crippen molar-refractivity contribution in [2.75, 3.05) is 13.1 Å². The molecule has 0 aliphatic carbocycles. The highest BCUT2D eigenvalue weighted by Gasteiger charge is 2.40. The van der Waals surface area contributed by atoms with Gasteiger partial charge in [0.15, 0.2) is 0 Å². The lowest BCUT2D eigenvalue weighted by molar-refractivity contribution is -0.142. The van der Waals surface area contributed by atoms with E-state index in [2.05, 4.69) is 40.8 Å². The van der Waals surface area contributed by atoms with E-state index in [1.54, 1.807) is 4.90 Å². The highest BCUT2D eigenvalue weighted by Crippen LogP contribution is 2.23. The van der Waals surface area contributed by atoms with Crippen molar-refractivity contribution >= 4 is 34.4 Å². The molecule has 1 aromatic carbocycles. The summed E-state index contributed by atoms with van der Waals surface area (Å²) in [4.78, 5) is 57.8. The largest absolute Gasteiger partial charge is 0.361 e. The van der Waals surface area contributed by atoms with Crippen LogP contribution >= 0.6 is 0 Å². The summed E-state index contributed by atoms with van der Waals surface area (Å²) in [5.41, 5.74) is 2.13. The first-order valence-electron chi connectivity index (χ1n) is 15.5. The Balaban J connectivity index is 1.57. The first kappa shape index (κ1) is 30.8. The Kier molecular flexibility index (Phi) is 11.0. The number of aromatic amines is 1. The summed E-state index contributed by atoms with van der Waals surface area (Å²) in [7, 11) is 0. The minimum Gasteiger partial charge on any atom is -0.361 e. The standard InChI is InChI=1S/C32H47N5O4/c1-4-21(3)29-32(41)37-17-11-16-28(37)31(40)36-27(15-8-6-7-12-24(38)5-2)30(39)35-23(20-34-29)18-22-19-33-26-14-10-9-13-25(22)26/h9-10,13-14,19,21,23,27-29,33-34H,4-8,11-12,15-18,20H2,1-3H3,(H,35,39)(H,36,40)/t21?,23-,27-,28+,29-/m0/s1. The van der Waals surface area contributed by atoms with Gasteiger partial charge in [-0.2, -0.15) is 0 Å². The first-order chi connectivity index (χ1) is 19.8. The van der Waals surface area contributed by atoms with Gasteiger partial charge < -0.3 is 25.8 Å².